The Morgan fingerprint density at radius 2 is 2.00 bits per heavy atom. The van der Waals surface area contributed by atoms with Crippen molar-refractivity contribution in [1.82, 2.24) is 0 Å². The summed E-state index contributed by atoms with van der Waals surface area (Å²) in [5, 5.41) is 0. The smallest absolute Gasteiger partial charge is 0.159 e. The van der Waals surface area contributed by atoms with Gasteiger partial charge in [0, 0.05) is 11.5 Å². The predicted molar refractivity (Wildman–Crippen MR) is 46.3 cm³/mol. The van der Waals surface area contributed by atoms with Gasteiger partial charge in [0.15, 0.2) is 11.6 Å². The maximum absolute atomic E-state index is 12.8. The first-order valence-corrected chi connectivity index (χ1v) is 4.25. The molecule has 0 saturated heterocycles. The monoisotopic (exact) mass is 183 g/mol. The molecule has 1 nitrogen and oxygen atoms in total. The third-order valence-corrected chi connectivity index (χ3v) is 2.88. The van der Waals surface area contributed by atoms with Crippen molar-refractivity contribution in [3.63, 3.8) is 0 Å². The van der Waals surface area contributed by atoms with E-state index in [4.69, 9.17) is 5.73 Å². The van der Waals surface area contributed by atoms with Gasteiger partial charge >= 0.3 is 0 Å². The van der Waals surface area contributed by atoms with Crippen LogP contribution < -0.4 is 5.73 Å². The van der Waals surface area contributed by atoms with Crippen LogP contribution in [0.25, 0.3) is 0 Å². The fourth-order valence-electron chi connectivity index (χ4n) is 1.58. The summed E-state index contributed by atoms with van der Waals surface area (Å²) in [7, 11) is 0. The van der Waals surface area contributed by atoms with Crippen molar-refractivity contribution in [2.24, 2.45) is 5.73 Å². The summed E-state index contributed by atoms with van der Waals surface area (Å²) >= 11 is 0. The fraction of sp³-hybridized carbons (Fsp3) is 0.400. The van der Waals surface area contributed by atoms with E-state index >= 15 is 0 Å². The maximum atomic E-state index is 12.8. The number of hydrogen-bond donors (Lipinski definition) is 1. The molecule has 1 aromatic carbocycles. The number of nitrogens with two attached hydrogens (primary N) is 1. The van der Waals surface area contributed by atoms with E-state index in [1.54, 1.807) is 6.07 Å². The van der Waals surface area contributed by atoms with Crippen LogP contribution in [0.4, 0.5) is 8.78 Å². The van der Waals surface area contributed by atoms with Gasteiger partial charge < -0.3 is 5.73 Å². The van der Waals surface area contributed by atoms with Gasteiger partial charge in [-0.05, 0) is 24.1 Å². The van der Waals surface area contributed by atoms with Gasteiger partial charge in [0.05, 0.1) is 0 Å². The summed E-state index contributed by atoms with van der Waals surface area (Å²) in [5.74, 6) is -1.60. The van der Waals surface area contributed by atoms with Crippen molar-refractivity contribution in [1.29, 1.82) is 0 Å². The van der Waals surface area contributed by atoms with E-state index < -0.39 is 11.6 Å². The Hall–Kier alpha value is -0.960. The minimum Gasteiger partial charge on any atom is -0.327 e. The molecular formula is C10H11F2N. The molecule has 1 aliphatic carbocycles. The molecule has 0 spiro atoms. The van der Waals surface area contributed by atoms with E-state index in [0.717, 1.165) is 18.1 Å². The molecule has 0 heterocycles. The van der Waals surface area contributed by atoms with Crippen LogP contribution in [0, 0.1) is 11.6 Å². The number of hydrogen-bond acceptors (Lipinski definition) is 1. The lowest BCUT2D eigenvalue weighted by Crippen LogP contribution is -2.14. The standard InChI is InChI=1S/C10H11F2N/c1-10(5-9(10)13)6-2-3-7(11)8(12)4-6/h2-4,9H,5,13H2,1H3/t9-,10+/m0/s1. The van der Waals surface area contributed by atoms with Gasteiger partial charge in [0.25, 0.3) is 0 Å². The van der Waals surface area contributed by atoms with Gasteiger partial charge in [-0.25, -0.2) is 8.78 Å². The first-order valence-electron chi connectivity index (χ1n) is 4.25. The highest BCUT2D eigenvalue weighted by Gasteiger charge is 2.48. The van der Waals surface area contributed by atoms with Gasteiger partial charge in [-0.1, -0.05) is 13.0 Å². The second kappa shape index (κ2) is 2.51. The summed E-state index contributed by atoms with van der Waals surface area (Å²) < 4.78 is 25.4. The predicted octanol–water partition coefficient (Wildman–Crippen LogP) is 1.95. The summed E-state index contributed by atoms with van der Waals surface area (Å²) in [6, 6.07) is 4.08. The normalized spacial score (nSPS) is 31.8. The number of benzene rings is 1. The topological polar surface area (TPSA) is 26.0 Å². The van der Waals surface area contributed by atoms with Crippen LogP contribution in [0.3, 0.4) is 0 Å². The largest absolute Gasteiger partial charge is 0.327 e. The second-order valence-corrected chi connectivity index (χ2v) is 3.86. The van der Waals surface area contributed by atoms with Crippen molar-refractivity contribution in [2.75, 3.05) is 0 Å². The highest BCUT2D eigenvalue weighted by molar-refractivity contribution is 5.35. The summed E-state index contributed by atoms with van der Waals surface area (Å²) in [6.07, 6.45) is 0.845. The summed E-state index contributed by atoms with van der Waals surface area (Å²) in [4.78, 5) is 0. The van der Waals surface area contributed by atoms with Crippen molar-refractivity contribution < 1.29 is 8.78 Å². The quantitative estimate of drug-likeness (QED) is 0.707. The third-order valence-electron chi connectivity index (χ3n) is 2.88. The van der Waals surface area contributed by atoms with Gasteiger partial charge in [-0.15, -0.1) is 0 Å². The van der Waals surface area contributed by atoms with Crippen LogP contribution in [0.5, 0.6) is 0 Å². The second-order valence-electron chi connectivity index (χ2n) is 3.86. The van der Waals surface area contributed by atoms with Crippen LogP contribution in [-0.4, -0.2) is 6.04 Å². The molecule has 70 valence electrons. The maximum Gasteiger partial charge on any atom is 0.159 e. The Kier molecular flexibility index (Phi) is 1.67. The highest BCUT2D eigenvalue weighted by atomic mass is 19.2. The zero-order valence-corrected chi connectivity index (χ0v) is 7.35. The molecule has 1 fully saturated rings. The molecule has 2 rings (SSSR count). The number of halogens is 2. The van der Waals surface area contributed by atoms with Crippen LogP contribution in [0.2, 0.25) is 0 Å². The lowest BCUT2D eigenvalue weighted by atomic mass is 9.97. The van der Waals surface area contributed by atoms with E-state index in [0.29, 0.717) is 0 Å². The Morgan fingerprint density at radius 1 is 1.38 bits per heavy atom. The molecule has 1 aliphatic rings. The first-order chi connectivity index (χ1) is 6.04. The van der Waals surface area contributed by atoms with E-state index in [1.807, 2.05) is 6.92 Å². The molecule has 2 N–H and O–H groups in total. The first kappa shape index (κ1) is 8.63. The Bertz CT molecular complexity index is 351. The zero-order chi connectivity index (χ0) is 9.64. The molecule has 3 heteroatoms. The summed E-state index contributed by atoms with van der Waals surface area (Å²) in [6.45, 7) is 1.96. The highest BCUT2D eigenvalue weighted by Crippen LogP contribution is 2.46. The zero-order valence-electron chi connectivity index (χ0n) is 7.35. The molecule has 1 aromatic rings. The molecule has 0 unspecified atom stereocenters. The molecule has 2 atom stereocenters. The average molecular weight is 183 g/mol. The van der Waals surface area contributed by atoms with Crippen LogP contribution >= 0.6 is 0 Å². The lowest BCUT2D eigenvalue weighted by Gasteiger charge is -2.09. The molecule has 0 aromatic heterocycles. The molecule has 1 saturated carbocycles. The van der Waals surface area contributed by atoms with Crippen LogP contribution in [0.15, 0.2) is 18.2 Å². The van der Waals surface area contributed by atoms with Crippen LogP contribution in [0.1, 0.15) is 18.9 Å². The van der Waals surface area contributed by atoms with Crippen molar-refractivity contribution in [3.05, 3.63) is 35.4 Å². The van der Waals surface area contributed by atoms with Crippen molar-refractivity contribution in [2.45, 2.75) is 24.8 Å². The van der Waals surface area contributed by atoms with E-state index in [-0.39, 0.29) is 11.5 Å². The fourth-order valence-corrected chi connectivity index (χ4v) is 1.58. The van der Waals surface area contributed by atoms with Crippen LogP contribution in [-0.2, 0) is 5.41 Å². The Balaban J connectivity index is 2.38. The summed E-state index contributed by atoms with van der Waals surface area (Å²) in [5.41, 5.74) is 6.35. The van der Waals surface area contributed by atoms with Gasteiger partial charge in [-0.2, -0.15) is 0 Å². The van der Waals surface area contributed by atoms with Crippen molar-refractivity contribution in [3.8, 4) is 0 Å². The van der Waals surface area contributed by atoms with Gasteiger partial charge in [-0.3, -0.25) is 0 Å². The third kappa shape index (κ3) is 1.23. The Morgan fingerprint density at radius 3 is 2.46 bits per heavy atom. The molecule has 13 heavy (non-hydrogen) atoms. The molecule has 0 aliphatic heterocycles. The van der Waals surface area contributed by atoms with E-state index in [2.05, 4.69) is 0 Å². The van der Waals surface area contributed by atoms with Gasteiger partial charge in [0.2, 0.25) is 0 Å². The minimum atomic E-state index is -0.804. The molecule has 0 amide bonds. The minimum absolute atomic E-state index is 0.0809. The SMILES string of the molecule is C[C@]1(c2ccc(F)c(F)c2)C[C@@H]1N. The van der Waals surface area contributed by atoms with E-state index in [1.165, 1.54) is 6.07 Å². The molecule has 0 bridgehead atoms. The van der Waals surface area contributed by atoms with Crippen molar-refractivity contribution >= 4 is 0 Å². The number of rotatable bonds is 1. The van der Waals surface area contributed by atoms with E-state index in [9.17, 15) is 8.78 Å². The Labute approximate surface area is 75.6 Å². The molecule has 0 radical (unpaired) electrons. The molecular weight excluding hydrogens is 172 g/mol. The van der Waals surface area contributed by atoms with Gasteiger partial charge in [0.1, 0.15) is 0 Å². The lowest BCUT2D eigenvalue weighted by molar-refractivity contribution is 0.505. The average Bonchev–Trinajstić information content (AvgIpc) is 2.67.